The minimum absolute atomic E-state index is 0.0241. The van der Waals surface area contributed by atoms with Gasteiger partial charge in [0.1, 0.15) is 66.3 Å². The number of nitrogens with one attached hydrogen (secondary N) is 1. The van der Waals surface area contributed by atoms with Crippen LogP contribution in [0.3, 0.4) is 0 Å². The van der Waals surface area contributed by atoms with Crippen molar-refractivity contribution in [1.82, 2.24) is 19.4 Å². The maximum Gasteiger partial charge on any atom is 0.411 e. The summed E-state index contributed by atoms with van der Waals surface area (Å²) in [5.74, 6) is -2.95. The van der Waals surface area contributed by atoms with Crippen molar-refractivity contribution in [3.05, 3.63) is 85.4 Å². The second-order valence-electron chi connectivity index (χ2n) is 19.1. The number of carbonyl (C=O) groups excluding carboxylic acids is 4. The van der Waals surface area contributed by atoms with Gasteiger partial charge in [-0.15, -0.1) is 6.42 Å². The maximum absolute atomic E-state index is 15.3. The highest BCUT2D eigenvalue weighted by atomic mass is 32.2. The zero-order valence-corrected chi connectivity index (χ0v) is 43.1. The number of pyridine rings is 2. The minimum atomic E-state index is -3.75. The largest absolute Gasteiger partial charge is 0.479 e. The molecule has 3 amide bonds. The van der Waals surface area contributed by atoms with Gasteiger partial charge in [-0.05, 0) is 66.6 Å². The van der Waals surface area contributed by atoms with Gasteiger partial charge in [-0.25, -0.2) is 32.2 Å². The van der Waals surface area contributed by atoms with Gasteiger partial charge in [-0.1, -0.05) is 18.9 Å². The summed E-state index contributed by atoms with van der Waals surface area (Å²) in [6, 6.07) is 6.26. The molecule has 1 aliphatic carbocycles. The van der Waals surface area contributed by atoms with Crippen LogP contribution in [0.1, 0.15) is 71.2 Å². The summed E-state index contributed by atoms with van der Waals surface area (Å²) in [6.07, 6.45) is -4.30. The van der Waals surface area contributed by atoms with E-state index in [0.29, 0.717) is 40.9 Å². The van der Waals surface area contributed by atoms with Gasteiger partial charge in [-0.3, -0.25) is 19.3 Å². The van der Waals surface area contributed by atoms with Crippen LogP contribution in [0.4, 0.5) is 14.9 Å². The average molecular weight is 1090 g/mol. The monoisotopic (exact) mass is 1090 g/mol. The Morgan fingerprint density at radius 3 is 2.55 bits per heavy atom. The Bertz CT molecular complexity index is 3270. The predicted molar refractivity (Wildman–Crippen MR) is 267 cm³/mol. The number of terminal acetylenes is 1. The van der Waals surface area contributed by atoms with Gasteiger partial charge in [0.2, 0.25) is 18.1 Å². The lowest BCUT2D eigenvalue weighted by molar-refractivity contribution is -0.271. The number of anilines is 1. The van der Waals surface area contributed by atoms with E-state index in [-0.39, 0.29) is 60.7 Å². The van der Waals surface area contributed by atoms with E-state index in [1.807, 2.05) is 0 Å². The van der Waals surface area contributed by atoms with Gasteiger partial charge < -0.3 is 69.4 Å². The first-order chi connectivity index (χ1) is 36.5. The summed E-state index contributed by atoms with van der Waals surface area (Å²) in [6.45, 7) is 0.481. The maximum atomic E-state index is 15.3. The number of nitrogens with two attached hydrogens (primary N) is 1. The Labute approximate surface area is 439 Å². The number of rotatable bonds is 19. The quantitative estimate of drug-likeness (QED) is 0.0289. The van der Waals surface area contributed by atoms with Crippen LogP contribution in [0.15, 0.2) is 35.1 Å². The van der Waals surface area contributed by atoms with Crippen molar-refractivity contribution in [2.75, 3.05) is 57.4 Å². The molecule has 412 valence electrons. The van der Waals surface area contributed by atoms with Gasteiger partial charge in [0.15, 0.2) is 11.7 Å². The highest BCUT2D eigenvalue weighted by molar-refractivity contribution is 7.90. The lowest BCUT2D eigenvalue weighted by atomic mass is 9.82. The highest BCUT2D eigenvalue weighted by Gasteiger charge is 2.50. The molecular formula is C51H57FN6O18S. The molecule has 7 N–H and O–H groups in total. The molecule has 4 aromatic rings. The van der Waals surface area contributed by atoms with Gasteiger partial charge in [0.05, 0.1) is 60.0 Å². The second-order valence-corrected chi connectivity index (χ2v) is 21.4. The molecule has 0 radical (unpaired) electrons. The smallest absolute Gasteiger partial charge is 0.411 e. The summed E-state index contributed by atoms with van der Waals surface area (Å²) in [4.78, 5) is 87.2. The number of aliphatic carboxylic acids is 1. The first-order valence-electron chi connectivity index (χ1n) is 24.3. The van der Waals surface area contributed by atoms with Crippen LogP contribution in [0.5, 0.6) is 5.75 Å². The number of likely N-dealkylation sites (N-methyl/N-ethyl adjacent to an activating group) is 1. The topological polar surface area (TPSA) is 335 Å². The predicted octanol–water partition coefficient (Wildman–Crippen LogP) is 0.846. The number of amides is 3. The third-order valence-corrected chi connectivity index (χ3v) is 15.0. The number of aliphatic hydroxyl groups excluding tert-OH is 3. The average Bonchev–Trinajstić information content (AvgIpc) is 3.80. The Morgan fingerprint density at radius 1 is 1.09 bits per heavy atom. The molecule has 0 spiro atoms. The first kappa shape index (κ1) is 56.1. The molecule has 26 heteroatoms. The van der Waals surface area contributed by atoms with E-state index in [2.05, 4.69) is 11.2 Å². The number of aromatic nitrogens is 2. The van der Waals surface area contributed by atoms with Gasteiger partial charge in [0, 0.05) is 48.5 Å². The molecule has 77 heavy (non-hydrogen) atoms. The highest BCUT2D eigenvalue weighted by Crippen LogP contribution is 2.46. The van der Waals surface area contributed by atoms with E-state index < -0.39 is 132 Å². The number of fused-ring (bicyclic) bond motifs is 5. The van der Waals surface area contributed by atoms with Crippen molar-refractivity contribution >= 4 is 56.3 Å². The molecule has 4 aliphatic rings. The van der Waals surface area contributed by atoms with Crippen molar-refractivity contribution in [3.63, 3.8) is 0 Å². The SMILES string of the molecule is C#CCOCCC(=O)N(C)CC(=O)Nc1cc(COC(=O)N(CCS(C)(=O)=O)CO[C@@]2(CC)C(=O)OCc3c2cc2n(c3=O)Cc3c-2nc2cc(F)c(C)c4c2c3[C@@H](N)CC4)ccc1O[C@@H]1OC(C(=O)O)[C@H](O)C(O)C1O. The number of aryl methyl sites for hydroxylation is 1. The summed E-state index contributed by atoms with van der Waals surface area (Å²) in [5.41, 5.74) is 8.06. The summed E-state index contributed by atoms with van der Waals surface area (Å²) < 4.78 is 75.4. The number of benzene rings is 2. The number of ether oxygens (including phenoxy) is 6. The molecule has 3 unspecified atom stereocenters. The molecule has 1 saturated heterocycles. The normalized spacial score (nSPS) is 22.2. The number of cyclic esters (lactones) is 1. The standard InChI is InChI=1S/C51H57FN6O18S/c1-6-14-71-15-12-38(60)56(4)21-37(59)54-33-17-26(8-11-36(33)75-48-44(63)42(61)43(62)45(76-48)47(65)66)22-73-50(68)57(13-16-77(5,69)70)24-74-51(7-2)30-18-35-41-28(20-58(35)46(64)29(30)23-72-49(51)67)39-32(53)10-9-27-25(3)31(52)19-34(55-41)40(27)39/h1,8,11,17-19,32,42-45,48,61-63H,7,9-10,12-16,20-24,53H2,2-5H3,(H,54,59)(H,65,66)/t32-,42?,43+,44?,45?,48+,51+/m0/s1. The van der Waals surface area contributed by atoms with Crippen LogP contribution >= 0.6 is 0 Å². The minimum Gasteiger partial charge on any atom is -0.479 e. The number of carbonyl (C=O) groups is 5. The number of esters is 1. The molecule has 3 aliphatic heterocycles. The molecule has 8 rings (SSSR count). The van der Waals surface area contributed by atoms with Crippen LogP contribution < -0.4 is 21.3 Å². The Balaban J connectivity index is 1.06. The molecule has 5 heterocycles. The van der Waals surface area contributed by atoms with Crippen molar-refractivity contribution in [2.24, 2.45) is 5.73 Å². The third-order valence-electron chi connectivity index (χ3n) is 14.0. The van der Waals surface area contributed by atoms with Gasteiger partial charge in [0.25, 0.3) is 5.56 Å². The number of halogens is 1. The summed E-state index contributed by atoms with van der Waals surface area (Å²) in [7, 11) is -2.41. The fraction of sp³-hybridized carbons (Fsp3) is 0.471. The van der Waals surface area contributed by atoms with E-state index in [4.69, 9.17) is 45.6 Å². The van der Waals surface area contributed by atoms with Crippen LogP contribution in [0.25, 0.3) is 22.3 Å². The zero-order valence-electron chi connectivity index (χ0n) is 42.3. The number of aliphatic hydroxyl groups is 3. The van der Waals surface area contributed by atoms with E-state index >= 15 is 4.39 Å². The van der Waals surface area contributed by atoms with E-state index in [1.54, 1.807) is 19.9 Å². The summed E-state index contributed by atoms with van der Waals surface area (Å²) in [5, 5.41) is 44.2. The Kier molecular flexibility index (Phi) is 16.4. The van der Waals surface area contributed by atoms with Crippen LogP contribution in [-0.2, 0) is 84.5 Å². The number of hydrogen-bond acceptors (Lipinski definition) is 19. The van der Waals surface area contributed by atoms with E-state index in [1.165, 1.54) is 35.9 Å². The van der Waals surface area contributed by atoms with Crippen molar-refractivity contribution in [2.45, 2.75) is 102 Å². The number of hydrogen-bond donors (Lipinski definition) is 6. The lowest BCUT2D eigenvalue weighted by Gasteiger charge is -2.38. The molecule has 0 saturated carbocycles. The van der Waals surface area contributed by atoms with Gasteiger partial charge >= 0.3 is 18.0 Å². The van der Waals surface area contributed by atoms with Crippen LogP contribution in [0, 0.1) is 25.1 Å². The second kappa shape index (κ2) is 22.5. The zero-order chi connectivity index (χ0) is 55.8. The van der Waals surface area contributed by atoms with Crippen molar-refractivity contribution < 1.29 is 85.6 Å². The molecule has 2 aromatic carbocycles. The number of carboxylic acids is 1. The molecular weight excluding hydrogens is 1040 g/mol. The molecule has 0 bridgehead atoms. The van der Waals surface area contributed by atoms with E-state index in [9.17, 15) is 57.6 Å². The van der Waals surface area contributed by atoms with Crippen molar-refractivity contribution in [1.29, 1.82) is 0 Å². The van der Waals surface area contributed by atoms with E-state index in [0.717, 1.165) is 32.6 Å². The Morgan fingerprint density at radius 2 is 1.84 bits per heavy atom. The summed E-state index contributed by atoms with van der Waals surface area (Å²) >= 11 is 0. The van der Waals surface area contributed by atoms with Crippen LogP contribution in [0.2, 0.25) is 0 Å². The number of sulfone groups is 1. The number of nitrogens with zero attached hydrogens (tertiary/aromatic N) is 4. The molecule has 1 fully saturated rings. The Hall–Kier alpha value is -7.09. The van der Waals surface area contributed by atoms with Gasteiger partial charge in [-0.2, -0.15) is 0 Å². The third kappa shape index (κ3) is 11.2. The lowest BCUT2D eigenvalue weighted by Crippen LogP contribution is -2.61. The van der Waals surface area contributed by atoms with Crippen molar-refractivity contribution in [3.8, 4) is 29.5 Å². The fourth-order valence-electron chi connectivity index (χ4n) is 9.84. The molecule has 24 nitrogen and oxygen atoms in total. The molecule has 7 atom stereocenters. The molecule has 2 aromatic heterocycles. The first-order valence-corrected chi connectivity index (χ1v) is 26.4. The number of carboxylic acid groups (broad SMARTS) is 1. The fourth-order valence-corrected chi connectivity index (χ4v) is 10.4. The van der Waals surface area contributed by atoms with Crippen LogP contribution in [-0.4, -0.2) is 161 Å².